The molecular formula is C23H39N3O4S. The molecule has 0 unspecified atom stereocenters. The number of aromatic nitrogens is 1. The van der Waals surface area contributed by atoms with E-state index in [2.05, 4.69) is 9.88 Å². The van der Waals surface area contributed by atoms with Crippen molar-refractivity contribution in [1.82, 2.24) is 14.8 Å². The van der Waals surface area contributed by atoms with E-state index in [4.69, 9.17) is 9.47 Å². The molecule has 0 aliphatic carbocycles. The van der Waals surface area contributed by atoms with Crippen molar-refractivity contribution in [2.45, 2.75) is 52.2 Å². The first-order valence-corrected chi connectivity index (χ1v) is 12.4. The van der Waals surface area contributed by atoms with E-state index in [-0.39, 0.29) is 5.91 Å². The molecule has 0 spiro atoms. The first-order chi connectivity index (χ1) is 14.9. The third-order valence-electron chi connectivity index (χ3n) is 6.81. The van der Waals surface area contributed by atoms with Crippen LogP contribution in [-0.2, 0) is 20.8 Å². The normalized spacial score (nSPS) is 29.0. The van der Waals surface area contributed by atoms with Gasteiger partial charge in [-0.25, -0.2) is 4.98 Å². The quantitative estimate of drug-likeness (QED) is 0.739. The van der Waals surface area contributed by atoms with Gasteiger partial charge >= 0.3 is 0 Å². The number of carbonyl (C=O) groups excluding carboxylic acids is 1. The number of thiazole rings is 1. The second-order valence-corrected chi connectivity index (χ2v) is 10.7. The summed E-state index contributed by atoms with van der Waals surface area (Å²) in [4.78, 5) is 22.0. The van der Waals surface area contributed by atoms with E-state index in [0.717, 1.165) is 43.9 Å². The molecule has 0 aromatic carbocycles. The first kappa shape index (κ1) is 24.6. The number of amides is 1. The number of rotatable bonds is 5. The van der Waals surface area contributed by atoms with Crippen LogP contribution >= 0.6 is 11.3 Å². The summed E-state index contributed by atoms with van der Waals surface area (Å²) in [5.41, 5.74) is -0.406. The van der Waals surface area contributed by atoms with Gasteiger partial charge in [0, 0.05) is 56.8 Å². The van der Waals surface area contributed by atoms with Gasteiger partial charge in [-0.3, -0.25) is 9.69 Å². The molecule has 3 atom stereocenters. The van der Waals surface area contributed by atoms with Crippen molar-refractivity contribution < 1.29 is 19.4 Å². The Balaban J connectivity index is 1.70. The van der Waals surface area contributed by atoms with Crippen LogP contribution in [0.25, 0.3) is 0 Å². The van der Waals surface area contributed by atoms with Gasteiger partial charge in [-0.1, -0.05) is 13.8 Å². The molecule has 1 amide bonds. The summed E-state index contributed by atoms with van der Waals surface area (Å²) in [6, 6.07) is 0. The van der Waals surface area contributed by atoms with E-state index >= 15 is 0 Å². The lowest BCUT2D eigenvalue weighted by atomic mass is 9.80. The molecule has 1 aromatic heterocycles. The van der Waals surface area contributed by atoms with E-state index in [1.165, 1.54) is 0 Å². The standard InChI is InChI=1S/C23H39N3O4S/c1-23(2)17-30-10-4-5-19-14-25(16-21-24-7-12-31-21)8-6-18(19)13-22(28)26(9-11-29-3)15-20(23)27/h7,12,18-20,27H,4-6,8-11,13-17H2,1-3H3/t18-,19-,20-/m0/s1. The summed E-state index contributed by atoms with van der Waals surface area (Å²) >= 11 is 1.71. The number of hydrogen-bond donors (Lipinski definition) is 1. The summed E-state index contributed by atoms with van der Waals surface area (Å²) in [5, 5.41) is 14.0. The van der Waals surface area contributed by atoms with Crippen molar-refractivity contribution in [1.29, 1.82) is 0 Å². The molecule has 2 aliphatic heterocycles. The van der Waals surface area contributed by atoms with E-state index in [0.29, 0.717) is 51.2 Å². The number of hydrogen-bond acceptors (Lipinski definition) is 7. The Morgan fingerprint density at radius 3 is 2.90 bits per heavy atom. The van der Waals surface area contributed by atoms with Crippen LogP contribution in [0.2, 0.25) is 0 Å². The molecule has 8 heteroatoms. The molecule has 1 aromatic rings. The van der Waals surface area contributed by atoms with Crippen molar-refractivity contribution in [2.75, 3.05) is 53.1 Å². The Kier molecular flexibility index (Phi) is 9.28. The second-order valence-electron chi connectivity index (χ2n) is 9.71. The molecule has 176 valence electrons. The number of carbonyl (C=O) groups is 1. The molecule has 2 fully saturated rings. The largest absolute Gasteiger partial charge is 0.391 e. The average Bonchev–Trinajstić information content (AvgIpc) is 3.24. The van der Waals surface area contributed by atoms with E-state index in [1.807, 2.05) is 25.4 Å². The smallest absolute Gasteiger partial charge is 0.223 e. The van der Waals surface area contributed by atoms with Crippen LogP contribution < -0.4 is 0 Å². The van der Waals surface area contributed by atoms with Crippen LogP contribution in [0.1, 0.15) is 44.5 Å². The van der Waals surface area contributed by atoms with Gasteiger partial charge in [-0.05, 0) is 37.6 Å². The van der Waals surface area contributed by atoms with Crippen molar-refractivity contribution in [3.63, 3.8) is 0 Å². The lowest BCUT2D eigenvalue weighted by molar-refractivity contribution is -0.137. The highest BCUT2D eigenvalue weighted by Gasteiger charge is 2.35. The van der Waals surface area contributed by atoms with Gasteiger partial charge in [0.15, 0.2) is 0 Å². The molecule has 2 saturated heterocycles. The van der Waals surface area contributed by atoms with Crippen LogP contribution in [-0.4, -0.2) is 85.0 Å². The Labute approximate surface area is 190 Å². The van der Waals surface area contributed by atoms with Gasteiger partial charge in [-0.15, -0.1) is 11.3 Å². The van der Waals surface area contributed by atoms with Crippen LogP contribution in [0.4, 0.5) is 0 Å². The minimum Gasteiger partial charge on any atom is -0.391 e. The minimum atomic E-state index is -0.634. The van der Waals surface area contributed by atoms with Gasteiger partial charge < -0.3 is 19.5 Å². The predicted octanol–water partition coefficient (Wildman–Crippen LogP) is 2.64. The molecule has 1 N–H and O–H groups in total. The van der Waals surface area contributed by atoms with E-state index < -0.39 is 11.5 Å². The number of aliphatic hydroxyl groups is 1. The number of β-amino-alcohol motifs (C(OH)–C–C–N with tert-alkyl or cyclic N) is 1. The van der Waals surface area contributed by atoms with Gasteiger partial charge in [0.25, 0.3) is 0 Å². The summed E-state index contributed by atoms with van der Waals surface area (Å²) in [7, 11) is 1.65. The molecular weight excluding hydrogens is 414 g/mol. The minimum absolute atomic E-state index is 0.135. The number of piperidine rings is 1. The Hall–Kier alpha value is -1.06. The van der Waals surface area contributed by atoms with Gasteiger partial charge in [0.05, 0.1) is 25.9 Å². The average molecular weight is 454 g/mol. The highest BCUT2D eigenvalue weighted by molar-refractivity contribution is 7.09. The molecule has 0 bridgehead atoms. The van der Waals surface area contributed by atoms with Gasteiger partial charge in [0.1, 0.15) is 5.01 Å². The number of methoxy groups -OCH3 is 1. The fourth-order valence-corrected chi connectivity index (χ4v) is 5.28. The summed E-state index contributed by atoms with van der Waals surface area (Å²) in [6.45, 7) is 9.42. The maximum atomic E-state index is 13.3. The number of likely N-dealkylation sites (tertiary alicyclic amines) is 1. The van der Waals surface area contributed by atoms with Crippen molar-refractivity contribution in [2.24, 2.45) is 17.3 Å². The SMILES string of the molecule is COCCN1C[C@H](O)C(C)(C)COCCC[C@H]2CN(Cc3nccs3)CC[C@H]2CC1=O. The van der Waals surface area contributed by atoms with E-state index in [1.54, 1.807) is 23.3 Å². The van der Waals surface area contributed by atoms with Crippen molar-refractivity contribution in [3.05, 3.63) is 16.6 Å². The molecule has 31 heavy (non-hydrogen) atoms. The molecule has 0 radical (unpaired) electrons. The summed E-state index contributed by atoms with van der Waals surface area (Å²) < 4.78 is 11.2. The molecule has 3 rings (SSSR count). The molecule has 3 heterocycles. The van der Waals surface area contributed by atoms with Crippen molar-refractivity contribution >= 4 is 17.2 Å². The van der Waals surface area contributed by atoms with Crippen molar-refractivity contribution in [3.8, 4) is 0 Å². The first-order valence-electron chi connectivity index (χ1n) is 11.5. The van der Waals surface area contributed by atoms with Gasteiger partial charge in [0.2, 0.25) is 5.91 Å². The zero-order valence-electron chi connectivity index (χ0n) is 19.3. The highest BCUT2D eigenvalue weighted by Crippen LogP contribution is 2.32. The number of ether oxygens (including phenoxy) is 2. The highest BCUT2D eigenvalue weighted by atomic mass is 32.1. The topological polar surface area (TPSA) is 75.1 Å². The number of aliphatic hydroxyl groups excluding tert-OH is 1. The summed E-state index contributed by atoms with van der Waals surface area (Å²) in [6.07, 6.45) is 4.85. The monoisotopic (exact) mass is 453 g/mol. The van der Waals surface area contributed by atoms with Crippen LogP contribution in [0.3, 0.4) is 0 Å². The predicted molar refractivity (Wildman–Crippen MR) is 122 cm³/mol. The Bertz CT molecular complexity index is 670. The van der Waals surface area contributed by atoms with Crippen LogP contribution in [0.5, 0.6) is 0 Å². The van der Waals surface area contributed by atoms with E-state index in [9.17, 15) is 9.90 Å². The summed E-state index contributed by atoms with van der Waals surface area (Å²) in [5.74, 6) is 0.982. The number of nitrogens with zero attached hydrogens (tertiary/aromatic N) is 3. The zero-order valence-corrected chi connectivity index (χ0v) is 20.1. The van der Waals surface area contributed by atoms with Gasteiger partial charge in [-0.2, -0.15) is 0 Å². The maximum absolute atomic E-state index is 13.3. The lowest BCUT2D eigenvalue weighted by Gasteiger charge is -2.39. The zero-order chi connectivity index (χ0) is 22.3. The fraction of sp³-hybridized carbons (Fsp3) is 0.826. The Morgan fingerprint density at radius 1 is 1.32 bits per heavy atom. The maximum Gasteiger partial charge on any atom is 0.223 e. The molecule has 0 saturated carbocycles. The molecule has 2 aliphatic rings. The fourth-order valence-electron chi connectivity index (χ4n) is 4.63. The van der Waals surface area contributed by atoms with Crippen LogP contribution in [0.15, 0.2) is 11.6 Å². The molecule has 7 nitrogen and oxygen atoms in total. The second kappa shape index (κ2) is 11.7. The number of fused-ring (bicyclic) bond motifs is 1. The van der Waals surface area contributed by atoms with Crippen LogP contribution in [0, 0.1) is 17.3 Å². The Morgan fingerprint density at radius 2 is 2.16 bits per heavy atom. The lowest BCUT2D eigenvalue weighted by Crippen LogP contribution is -2.47. The third-order valence-corrected chi connectivity index (χ3v) is 7.57. The third kappa shape index (κ3) is 7.22.